The Morgan fingerprint density at radius 3 is 2.08 bits per heavy atom. The largest absolute Gasteiger partial charge is 0.343 e. The van der Waals surface area contributed by atoms with Crippen molar-refractivity contribution in [3.63, 3.8) is 0 Å². The highest BCUT2D eigenvalue weighted by Crippen LogP contribution is 2.42. The van der Waals surface area contributed by atoms with Gasteiger partial charge in [0.25, 0.3) is 0 Å². The van der Waals surface area contributed by atoms with Crippen molar-refractivity contribution in [1.82, 2.24) is 9.80 Å². The average Bonchev–Trinajstić information content (AvgIpc) is 2.53. The van der Waals surface area contributed by atoms with Gasteiger partial charge in [0.05, 0.1) is 0 Å². The van der Waals surface area contributed by atoms with Gasteiger partial charge in [-0.1, -0.05) is 6.42 Å². The number of nitrogens with two attached hydrogens (primary N) is 1. The highest BCUT2D eigenvalue weighted by atomic mass is 35.5. The zero-order chi connectivity index (χ0) is 16.6. The molecule has 2 aliphatic carbocycles. The minimum absolute atomic E-state index is 0. The molecule has 0 aromatic carbocycles. The van der Waals surface area contributed by atoms with Crippen LogP contribution in [-0.2, 0) is 9.59 Å². The summed E-state index contributed by atoms with van der Waals surface area (Å²) in [6, 6.07) is 0.610. The Kier molecular flexibility index (Phi) is 6.54. The second-order valence-corrected chi connectivity index (χ2v) is 7.88. The van der Waals surface area contributed by atoms with E-state index >= 15 is 0 Å². The van der Waals surface area contributed by atoms with Crippen molar-refractivity contribution in [2.45, 2.75) is 64.0 Å². The molecule has 1 saturated heterocycles. The Labute approximate surface area is 151 Å². The van der Waals surface area contributed by atoms with Crippen LogP contribution in [0.4, 0.5) is 0 Å². The molecular weight excluding hydrogens is 326 g/mol. The van der Waals surface area contributed by atoms with Gasteiger partial charge >= 0.3 is 0 Å². The number of amides is 2. The van der Waals surface area contributed by atoms with E-state index in [0.29, 0.717) is 23.8 Å². The number of carbonyl (C=O) groups is 2. The van der Waals surface area contributed by atoms with Gasteiger partial charge < -0.3 is 15.5 Å². The number of carbonyl (C=O) groups excluding carboxylic acids is 2. The van der Waals surface area contributed by atoms with E-state index in [9.17, 15) is 9.59 Å². The van der Waals surface area contributed by atoms with Gasteiger partial charge in [-0.05, 0) is 50.4 Å². The van der Waals surface area contributed by atoms with Crippen LogP contribution in [0.1, 0.15) is 51.9 Å². The molecule has 6 heteroatoms. The van der Waals surface area contributed by atoms with E-state index in [1.807, 2.05) is 16.8 Å². The fraction of sp³-hybridized carbons (Fsp3) is 0.889. The molecule has 2 bridgehead atoms. The molecule has 2 N–H and O–H groups in total. The molecule has 1 heterocycles. The quantitative estimate of drug-likeness (QED) is 0.822. The smallest absolute Gasteiger partial charge is 0.225 e. The number of hydrogen-bond acceptors (Lipinski definition) is 3. The average molecular weight is 358 g/mol. The number of nitrogens with zero attached hydrogens (tertiary/aromatic N) is 2. The van der Waals surface area contributed by atoms with Gasteiger partial charge in [0, 0.05) is 45.1 Å². The van der Waals surface area contributed by atoms with Gasteiger partial charge in [0.2, 0.25) is 11.8 Å². The maximum absolute atomic E-state index is 12.9. The molecule has 0 spiro atoms. The summed E-state index contributed by atoms with van der Waals surface area (Å²) >= 11 is 0. The summed E-state index contributed by atoms with van der Waals surface area (Å²) in [7, 11) is 1.87. The Bertz CT molecular complexity index is 451. The van der Waals surface area contributed by atoms with Crippen LogP contribution >= 0.6 is 12.4 Å². The molecule has 3 fully saturated rings. The predicted molar refractivity (Wildman–Crippen MR) is 96.8 cm³/mol. The highest BCUT2D eigenvalue weighted by Gasteiger charge is 2.42. The van der Waals surface area contributed by atoms with Gasteiger partial charge in [-0.15, -0.1) is 12.4 Å². The number of halogens is 1. The summed E-state index contributed by atoms with van der Waals surface area (Å²) in [6.07, 6.45) is 7.47. The lowest BCUT2D eigenvalue weighted by Gasteiger charge is -2.45. The third-order valence-corrected chi connectivity index (χ3v) is 6.58. The van der Waals surface area contributed by atoms with Gasteiger partial charge in [-0.3, -0.25) is 9.59 Å². The van der Waals surface area contributed by atoms with E-state index in [4.69, 9.17) is 5.73 Å². The van der Waals surface area contributed by atoms with Crippen molar-refractivity contribution in [3.8, 4) is 0 Å². The SMILES string of the molecule is CC(=O)N(C)C1CCN(C(=O)C2CC3CCCC(C2)C3N)CC1.Cl. The van der Waals surface area contributed by atoms with Crippen molar-refractivity contribution in [2.75, 3.05) is 20.1 Å². The van der Waals surface area contributed by atoms with E-state index < -0.39 is 0 Å². The van der Waals surface area contributed by atoms with E-state index in [2.05, 4.69) is 0 Å². The second kappa shape index (κ2) is 8.05. The summed E-state index contributed by atoms with van der Waals surface area (Å²) in [6.45, 7) is 3.19. The first-order valence-corrected chi connectivity index (χ1v) is 9.25. The molecule has 1 aliphatic heterocycles. The van der Waals surface area contributed by atoms with Crippen molar-refractivity contribution < 1.29 is 9.59 Å². The van der Waals surface area contributed by atoms with Gasteiger partial charge in [-0.2, -0.15) is 0 Å². The molecular formula is C18H32ClN3O2. The molecule has 0 aromatic rings. The first kappa shape index (κ1) is 19.5. The van der Waals surface area contributed by atoms with Crippen LogP contribution in [0.25, 0.3) is 0 Å². The van der Waals surface area contributed by atoms with Crippen LogP contribution in [0.3, 0.4) is 0 Å². The summed E-state index contributed by atoms with van der Waals surface area (Å²) in [5.74, 6) is 1.75. The van der Waals surface area contributed by atoms with E-state index in [-0.39, 0.29) is 30.3 Å². The van der Waals surface area contributed by atoms with E-state index in [1.54, 1.807) is 6.92 Å². The molecule has 0 radical (unpaired) electrons. The first-order chi connectivity index (χ1) is 11.0. The molecule has 3 aliphatic rings. The standard InChI is InChI=1S/C18H31N3O2.ClH/c1-12(22)20(2)16-6-8-21(9-7-16)18(23)15-10-13-4-3-5-14(11-15)17(13)19;/h13-17H,3-11,19H2,1-2H3;1H. The number of rotatable bonds is 2. The van der Waals surface area contributed by atoms with Crippen LogP contribution < -0.4 is 5.73 Å². The maximum atomic E-state index is 12.9. The Balaban J connectivity index is 0.00000208. The molecule has 5 nitrogen and oxygen atoms in total. The predicted octanol–water partition coefficient (Wildman–Crippen LogP) is 2.03. The van der Waals surface area contributed by atoms with E-state index in [1.165, 1.54) is 19.3 Å². The van der Waals surface area contributed by atoms with Crippen molar-refractivity contribution in [3.05, 3.63) is 0 Å². The van der Waals surface area contributed by atoms with Crippen LogP contribution in [0.5, 0.6) is 0 Å². The summed E-state index contributed by atoms with van der Waals surface area (Å²) in [4.78, 5) is 28.3. The molecule has 3 rings (SSSR count). The minimum atomic E-state index is 0. The van der Waals surface area contributed by atoms with Crippen molar-refractivity contribution in [2.24, 2.45) is 23.5 Å². The zero-order valence-electron chi connectivity index (χ0n) is 14.9. The zero-order valence-corrected chi connectivity index (χ0v) is 15.8. The second-order valence-electron chi connectivity index (χ2n) is 7.88. The molecule has 24 heavy (non-hydrogen) atoms. The number of likely N-dealkylation sites (tertiary alicyclic amines) is 1. The molecule has 2 amide bonds. The van der Waals surface area contributed by atoms with E-state index in [0.717, 1.165) is 38.8 Å². The third kappa shape index (κ3) is 3.88. The Morgan fingerprint density at radius 1 is 1.04 bits per heavy atom. The van der Waals surface area contributed by atoms with Crippen LogP contribution in [-0.4, -0.2) is 53.8 Å². The van der Waals surface area contributed by atoms with Gasteiger partial charge in [-0.25, -0.2) is 0 Å². The summed E-state index contributed by atoms with van der Waals surface area (Å²) < 4.78 is 0. The highest BCUT2D eigenvalue weighted by molar-refractivity contribution is 5.85. The van der Waals surface area contributed by atoms with Crippen LogP contribution in [0, 0.1) is 17.8 Å². The maximum Gasteiger partial charge on any atom is 0.225 e. The van der Waals surface area contributed by atoms with Gasteiger partial charge in [0.1, 0.15) is 0 Å². The molecule has 2 unspecified atom stereocenters. The lowest BCUT2D eigenvalue weighted by atomic mass is 9.65. The minimum Gasteiger partial charge on any atom is -0.343 e. The lowest BCUT2D eigenvalue weighted by Crippen LogP contribution is -2.52. The monoisotopic (exact) mass is 357 g/mol. The molecule has 2 atom stereocenters. The third-order valence-electron chi connectivity index (χ3n) is 6.58. The first-order valence-electron chi connectivity index (χ1n) is 9.25. The normalized spacial score (nSPS) is 33.5. The lowest BCUT2D eigenvalue weighted by molar-refractivity contribution is -0.140. The topological polar surface area (TPSA) is 66.6 Å². The number of piperidine rings is 1. The molecule has 138 valence electrons. The fourth-order valence-corrected chi connectivity index (χ4v) is 4.98. The number of hydrogen-bond donors (Lipinski definition) is 1. The Morgan fingerprint density at radius 2 is 1.58 bits per heavy atom. The van der Waals surface area contributed by atoms with Crippen molar-refractivity contribution >= 4 is 24.2 Å². The molecule has 2 saturated carbocycles. The summed E-state index contributed by atoms with van der Waals surface area (Å²) in [5, 5.41) is 0. The fourth-order valence-electron chi connectivity index (χ4n) is 4.98. The van der Waals surface area contributed by atoms with Crippen molar-refractivity contribution in [1.29, 1.82) is 0 Å². The molecule has 0 aromatic heterocycles. The number of fused-ring (bicyclic) bond motifs is 2. The van der Waals surface area contributed by atoms with Crippen LogP contribution in [0.2, 0.25) is 0 Å². The summed E-state index contributed by atoms with van der Waals surface area (Å²) in [5.41, 5.74) is 6.34. The van der Waals surface area contributed by atoms with Crippen LogP contribution in [0.15, 0.2) is 0 Å². The van der Waals surface area contributed by atoms with Gasteiger partial charge in [0.15, 0.2) is 0 Å². The Hall–Kier alpha value is -0.810.